The van der Waals surface area contributed by atoms with E-state index in [2.05, 4.69) is 0 Å². The number of nitrogens with two attached hydrogens (primary N) is 2. The van der Waals surface area contributed by atoms with Crippen molar-refractivity contribution in [3.05, 3.63) is 29.8 Å². The maximum absolute atomic E-state index is 11.0. The fourth-order valence-corrected chi connectivity index (χ4v) is 2.17. The van der Waals surface area contributed by atoms with E-state index >= 15 is 0 Å². The van der Waals surface area contributed by atoms with Crippen LogP contribution in [0.15, 0.2) is 29.2 Å². The minimum Gasteiger partial charge on any atom is -0.370 e. The molecule has 0 aliphatic heterocycles. The van der Waals surface area contributed by atoms with Crippen molar-refractivity contribution in [2.24, 2.45) is 10.9 Å². The summed E-state index contributed by atoms with van der Waals surface area (Å²) in [5.41, 5.74) is 6.09. The number of primary sulfonamides is 1. The first-order valence-electron chi connectivity index (χ1n) is 5.79. The van der Waals surface area contributed by atoms with Crippen LogP contribution >= 0.6 is 0 Å². The zero-order chi connectivity index (χ0) is 13.6. The van der Waals surface area contributed by atoms with E-state index in [9.17, 15) is 13.2 Å². The molecule has 0 radical (unpaired) electrons. The van der Waals surface area contributed by atoms with Gasteiger partial charge in [0.05, 0.1) is 4.90 Å². The highest BCUT2D eigenvalue weighted by molar-refractivity contribution is 7.89. The van der Waals surface area contributed by atoms with Crippen molar-refractivity contribution in [2.75, 3.05) is 0 Å². The Morgan fingerprint density at radius 2 is 1.67 bits per heavy atom. The highest BCUT2D eigenvalue weighted by Gasteiger charge is 2.06. The highest BCUT2D eigenvalue weighted by atomic mass is 32.2. The Balaban J connectivity index is 2.38. The number of primary amides is 1. The third-order valence-corrected chi connectivity index (χ3v) is 3.57. The van der Waals surface area contributed by atoms with Gasteiger partial charge < -0.3 is 5.73 Å². The molecule has 0 saturated carbocycles. The molecule has 100 valence electrons. The van der Waals surface area contributed by atoms with Gasteiger partial charge in [-0.25, -0.2) is 13.6 Å². The van der Waals surface area contributed by atoms with Gasteiger partial charge in [0.1, 0.15) is 0 Å². The van der Waals surface area contributed by atoms with Gasteiger partial charge in [-0.05, 0) is 37.0 Å². The smallest absolute Gasteiger partial charge is 0.238 e. The summed E-state index contributed by atoms with van der Waals surface area (Å²) in [7, 11) is -3.61. The Hall–Kier alpha value is -1.40. The third-order valence-electron chi connectivity index (χ3n) is 2.64. The van der Waals surface area contributed by atoms with Crippen molar-refractivity contribution < 1.29 is 13.2 Å². The van der Waals surface area contributed by atoms with Crippen molar-refractivity contribution in [2.45, 2.75) is 37.0 Å². The largest absolute Gasteiger partial charge is 0.370 e. The van der Waals surface area contributed by atoms with E-state index in [-0.39, 0.29) is 10.8 Å². The van der Waals surface area contributed by atoms with Gasteiger partial charge in [-0.3, -0.25) is 4.79 Å². The van der Waals surface area contributed by atoms with Crippen molar-refractivity contribution in [1.82, 2.24) is 0 Å². The fourth-order valence-electron chi connectivity index (χ4n) is 1.65. The third kappa shape index (κ3) is 5.29. The number of amides is 1. The second kappa shape index (κ2) is 6.51. The average Bonchev–Trinajstić information content (AvgIpc) is 2.27. The zero-order valence-corrected chi connectivity index (χ0v) is 10.9. The molecule has 0 aromatic heterocycles. The number of hydrogen-bond donors (Lipinski definition) is 2. The van der Waals surface area contributed by atoms with E-state index < -0.39 is 10.0 Å². The summed E-state index contributed by atoms with van der Waals surface area (Å²) >= 11 is 0. The van der Waals surface area contributed by atoms with E-state index in [4.69, 9.17) is 10.9 Å². The van der Waals surface area contributed by atoms with Crippen molar-refractivity contribution in [3.63, 3.8) is 0 Å². The van der Waals surface area contributed by atoms with E-state index in [0.717, 1.165) is 31.2 Å². The van der Waals surface area contributed by atoms with Gasteiger partial charge in [-0.1, -0.05) is 18.6 Å². The molecule has 18 heavy (non-hydrogen) atoms. The van der Waals surface area contributed by atoms with Gasteiger partial charge in [-0.15, -0.1) is 0 Å². The quantitative estimate of drug-likeness (QED) is 0.720. The zero-order valence-electron chi connectivity index (χ0n) is 10.1. The van der Waals surface area contributed by atoms with Crippen LogP contribution in [0.25, 0.3) is 0 Å². The maximum atomic E-state index is 11.0. The van der Waals surface area contributed by atoms with Gasteiger partial charge in [0.15, 0.2) is 0 Å². The maximum Gasteiger partial charge on any atom is 0.238 e. The predicted octanol–water partition coefficient (Wildman–Crippen LogP) is 0.922. The fraction of sp³-hybridized carbons (Fsp3) is 0.417. The van der Waals surface area contributed by atoms with Crippen molar-refractivity contribution in [3.8, 4) is 0 Å². The molecule has 0 unspecified atom stereocenters. The molecule has 0 fully saturated rings. The summed E-state index contributed by atoms with van der Waals surface area (Å²) in [5, 5.41) is 5.00. The summed E-state index contributed by atoms with van der Waals surface area (Å²) < 4.78 is 22.1. The number of sulfonamides is 1. The molecular weight excluding hydrogens is 252 g/mol. The van der Waals surface area contributed by atoms with E-state index in [0.29, 0.717) is 6.42 Å². The van der Waals surface area contributed by atoms with Crippen LogP contribution in [0.4, 0.5) is 0 Å². The second-order valence-electron chi connectivity index (χ2n) is 4.22. The van der Waals surface area contributed by atoms with Gasteiger partial charge in [-0.2, -0.15) is 0 Å². The Morgan fingerprint density at radius 3 is 2.17 bits per heavy atom. The number of aryl methyl sites for hydroxylation is 1. The monoisotopic (exact) mass is 270 g/mol. The minimum atomic E-state index is -3.61. The van der Waals surface area contributed by atoms with E-state index in [1.54, 1.807) is 12.1 Å². The van der Waals surface area contributed by atoms with Crippen LogP contribution < -0.4 is 10.9 Å². The number of benzene rings is 1. The molecule has 0 aliphatic carbocycles. The second-order valence-corrected chi connectivity index (χ2v) is 5.78. The summed E-state index contributed by atoms with van der Waals surface area (Å²) in [6, 6.07) is 6.53. The normalized spacial score (nSPS) is 11.4. The first kappa shape index (κ1) is 14.7. The summed E-state index contributed by atoms with van der Waals surface area (Å²) in [5.74, 6) is -0.271. The van der Waals surface area contributed by atoms with E-state index in [1.165, 1.54) is 12.1 Å². The van der Waals surface area contributed by atoms with Crippen molar-refractivity contribution >= 4 is 15.9 Å². The van der Waals surface area contributed by atoms with Crippen molar-refractivity contribution in [1.29, 1.82) is 0 Å². The standard InChI is InChI=1S/C12H18N2O3S/c13-12(15)5-3-1-2-4-10-6-8-11(9-7-10)18(14,16)17/h6-9H,1-5H2,(H2,13,15)(H2,14,16,17). The number of rotatable bonds is 7. The Bertz CT molecular complexity index is 495. The number of hydrogen-bond acceptors (Lipinski definition) is 3. The molecule has 1 aromatic rings. The molecule has 1 aromatic carbocycles. The number of carbonyl (C=O) groups is 1. The summed E-state index contributed by atoms with van der Waals surface area (Å²) in [4.78, 5) is 10.6. The first-order valence-corrected chi connectivity index (χ1v) is 7.34. The average molecular weight is 270 g/mol. The Labute approximate surface area is 107 Å². The van der Waals surface area contributed by atoms with Crippen LogP contribution in [0, 0.1) is 0 Å². The van der Waals surface area contributed by atoms with Gasteiger partial charge in [0.2, 0.25) is 15.9 Å². The predicted molar refractivity (Wildman–Crippen MR) is 69.2 cm³/mol. The Kier molecular flexibility index (Phi) is 5.30. The highest BCUT2D eigenvalue weighted by Crippen LogP contribution is 2.12. The van der Waals surface area contributed by atoms with Crippen LogP contribution in [0.3, 0.4) is 0 Å². The molecule has 0 spiro atoms. The molecular formula is C12H18N2O3S. The minimum absolute atomic E-state index is 0.125. The molecule has 0 saturated heterocycles. The molecule has 0 aliphatic rings. The molecule has 0 atom stereocenters. The summed E-state index contributed by atoms with van der Waals surface area (Å²) in [6.45, 7) is 0. The molecule has 1 rings (SSSR count). The molecule has 0 heterocycles. The lowest BCUT2D eigenvalue weighted by molar-refractivity contribution is -0.118. The van der Waals surface area contributed by atoms with Crippen LogP contribution in [0.1, 0.15) is 31.2 Å². The van der Waals surface area contributed by atoms with Gasteiger partial charge >= 0.3 is 0 Å². The lowest BCUT2D eigenvalue weighted by Crippen LogP contribution is -2.11. The van der Waals surface area contributed by atoms with Gasteiger partial charge in [0, 0.05) is 6.42 Å². The van der Waals surface area contributed by atoms with E-state index in [1.807, 2.05) is 0 Å². The van der Waals surface area contributed by atoms with Gasteiger partial charge in [0.25, 0.3) is 0 Å². The molecule has 6 heteroatoms. The topological polar surface area (TPSA) is 103 Å². The molecule has 5 nitrogen and oxygen atoms in total. The lowest BCUT2D eigenvalue weighted by atomic mass is 10.1. The Morgan fingerprint density at radius 1 is 1.06 bits per heavy atom. The number of unbranched alkanes of at least 4 members (excludes halogenated alkanes) is 2. The number of carbonyl (C=O) groups excluding carboxylic acids is 1. The van der Waals surface area contributed by atoms with Crippen LogP contribution in [0.5, 0.6) is 0 Å². The first-order chi connectivity index (χ1) is 8.39. The summed E-state index contributed by atoms with van der Waals surface area (Å²) in [6.07, 6.45) is 3.94. The van der Waals surface area contributed by atoms with Crippen LogP contribution in [0.2, 0.25) is 0 Å². The molecule has 4 N–H and O–H groups in total. The van der Waals surface area contributed by atoms with Crippen LogP contribution in [-0.2, 0) is 21.2 Å². The lowest BCUT2D eigenvalue weighted by Gasteiger charge is -2.03. The molecule has 0 bridgehead atoms. The molecule has 1 amide bonds. The van der Waals surface area contributed by atoms with Crippen LogP contribution in [-0.4, -0.2) is 14.3 Å². The SMILES string of the molecule is NC(=O)CCCCCc1ccc(S(N)(=O)=O)cc1.